The van der Waals surface area contributed by atoms with E-state index in [1.54, 1.807) is 31.2 Å². The zero-order valence-electron chi connectivity index (χ0n) is 20.1. The lowest BCUT2D eigenvalue weighted by molar-refractivity contribution is -0.197. The molecule has 0 radical (unpaired) electrons. The van der Waals surface area contributed by atoms with Crippen molar-refractivity contribution in [2.45, 2.75) is 32.6 Å². The van der Waals surface area contributed by atoms with E-state index in [1.165, 1.54) is 0 Å². The topological polar surface area (TPSA) is 201 Å². The van der Waals surface area contributed by atoms with Crippen molar-refractivity contribution in [3.8, 4) is 0 Å². The fourth-order valence-electron chi connectivity index (χ4n) is 3.22. The van der Waals surface area contributed by atoms with Gasteiger partial charge in [-0.1, -0.05) is 0 Å². The van der Waals surface area contributed by atoms with Crippen LogP contribution >= 0.6 is 0 Å². The molecular weight excluding hydrogens is 484 g/mol. The average molecular weight is 511 g/mol. The molecule has 0 spiro atoms. The molecule has 0 bridgehead atoms. The summed E-state index contributed by atoms with van der Waals surface area (Å²) in [5, 5.41) is 6.31. The summed E-state index contributed by atoms with van der Waals surface area (Å²) in [5.74, 6) is -2.18. The van der Waals surface area contributed by atoms with Gasteiger partial charge >= 0.3 is 5.97 Å². The molecule has 1 fully saturated rings. The van der Waals surface area contributed by atoms with Gasteiger partial charge in [0.05, 0.1) is 6.54 Å². The molecule has 14 nitrogen and oxygen atoms in total. The first-order valence-electron chi connectivity index (χ1n) is 11.3. The summed E-state index contributed by atoms with van der Waals surface area (Å²) in [6, 6.07) is 6.66. The van der Waals surface area contributed by atoms with Crippen molar-refractivity contribution in [3.05, 3.63) is 40.2 Å². The van der Waals surface area contributed by atoms with Gasteiger partial charge in [-0.15, -0.1) is 5.06 Å². The normalized spacial score (nSPS) is 13.4. The maximum Gasteiger partial charge on any atom is 0.333 e. The van der Waals surface area contributed by atoms with Crippen molar-refractivity contribution < 1.29 is 24.0 Å². The Balaban J connectivity index is 1.43. The number of hydrogen-bond donors (Lipinski definition) is 4. The SMILES string of the molecule is C=Nc1nc(N)[nH]c(=O)c1/N=C(\C)CNc1ccc(C(=O)NCCCC(=O)ON2C(=O)CCC2=O)cc1. The molecule has 1 aromatic heterocycles. The van der Waals surface area contributed by atoms with Crippen LogP contribution in [0.2, 0.25) is 0 Å². The van der Waals surface area contributed by atoms with Crippen LogP contribution in [0, 0.1) is 0 Å². The molecule has 0 saturated carbocycles. The highest BCUT2D eigenvalue weighted by atomic mass is 16.7. The largest absolute Gasteiger partial charge is 0.380 e. The van der Waals surface area contributed by atoms with Gasteiger partial charge in [-0.2, -0.15) is 4.98 Å². The number of H-pyrrole nitrogens is 1. The molecule has 37 heavy (non-hydrogen) atoms. The van der Waals surface area contributed by atoms with Crippen LogP contribution in [0.1, 0.15) is 43.0 Å². The molecule has 2 aromatic rings. The molecule has 0 atom stereocenters. The van der Waals surface area contributed by atoms with E-state index < -0.39 is 23.3 Å². The van der Waals surface area contributed by atoms with Crippen LogP contribution in [-0.2, 0) is 19.2 Å². The van der Waals surface area contributed by atoms with Crippen molar-refractivity contribution >= 4 is 59.3 Å². The predicted molar refractivity (Wildman–Crippen MR) is 135 cm³/mol. The van der Waals surface area contributed by atoms with E-state index in [0.717, 1.165) is 0 Å². The number of anilines is 2. The van der Waals surface area contributed by atoms with Crippen LogP contribution in [0.15, 0.2) is 39.0 Å². The smallest absolute Gasteiger partial charge is 0.333 e. The minimum Gasteiger partial charge on any atom is -0.380 e. The van der Waals surface area contributed by atoms with Crippen molar-refractivity contribution in [1.29, 1.82) is 0 Å². The molecule has 1 saturated heterocycles. The Hall–Kier alpha value is -4.88. The number of amides is 3. The Kier molecular flexibility index (Phi) is 8.81. The molecule has 5 N–H and O–H groups in total. The fourth-order valence-corrected chi connectivity index (χ4v) is 3.22. The lowest BCUT2D eigenvalue weighted by Gasteiger charge is -2.12. The van der Waals surface area contributed by atoms with E-state index in [-0.39, 0.29) is 55.6 Å². The molecule has 1 aliphatic rings. The molecule has 2 heterocycles. The Labute approximate surface area is 211 Å². The molecule has 1 aliphatic heterocycles. The van der Waals surface area contributed by atoms with Crippen molar-refractivity contribution in [2.24, 2.45) is 9.98 Å². The van der Waals surface area contributed by atoms with Crippen LogP contribution in [0.4, 0.5) is 23.1 Å². The minimum atomic E-state index is -0.721. The first kappa shape index (κ1) is 26.7. The minimum absolute atomic E-state index is 0.00167. The number of nitrogen functional groups attached to an aromatic ring is 1. The second kappa shape index (κ2) is 12.2. The number of benzene rings is 1. The summed E-state index contributed by atoms with van der Waals surface area (Å²) in [7, 11) is 0. The first-order valence-corrected chi connectivity index (χ1v) is 11.3. The Morgan fingerprint density at radius 2 is 1.86 bits per heavy atom. The van der Waals surface area contributed by atoms with Crippen molar-refractivity contribution in [3.63, 3.8) is 0 Å². The summed E-state index contributed by atoms with van der Waals surface area (Å²) in [6.45, 7) is 5.59. The van der Waals surface area contributed by atoms with Crippen LogP contribution in [0.3, 0.4) is 0 Å². The lowest BCUT2D eigenvalue weighted by atomic mass is 10.2. The third-order valence-electron chi connectivity index (χ3n) is 5.08. The van der Waals surface area contributed by atoms with Crippen LogP contribution < -0.4 is 21.9 Å². The Morgan fingerprint density at radius 1 is 1.19 bits per heavy atom. The van der Waals surface area contributed by atoms with Crippen molar-refractivity contribution in [2.75, 3.05) is 24.1 Å². The van der Waals surface area contributed by atoms with Crippen molar-refractivity contribution in [1.82, 2.24) is 20.3 Å². The highest BCUT2D eigenvalue weighted by molar-refractivity contribution is 6.01. The predicted octanol–water partition coefficient (Wildman–Crippen LogP) is 1.01. The molecule has 3 rings (SSSR count). The van der Waals surface area contributed by atoms with E-state index in [1.807, 2.05) is 0 Å². The average Bonchev–Trinajstić information content (AvgIpc) is 3.19. The summed E-state index contributed by atoms with van der Waals surface area (Å²) >= 11 is 0. The molecule has 1 aromatic carbocycles. The number of rotatable bonds is 11. The van der Waals surface area contributed by atoms with Crippen LogP contribution in [0.5, 0.6) is 0 Å². The third-order valence-corrected chi connectivity index (χ3v) is 5.08. The number of nitrogens with one attached hydrogen (secondary N) is 3. The Morgan fingerprint density at radius 3 is 2.51 bits per heavy atom. The van der Waals surface area contributed by atoms with Gasteiger partial charge in [0.25, 0.3) is 23.3 Å². The standard InChI is InChI=1S/C23H26N8O6/c1-13(28-19-20(25-2)29-23(24)30-22(19)36)12-27-15-7-5-14(6-8-15)21(35)26-11-3-4-18(34)37-31-16(32)9-10-17(31)33/h5-8,27H,2-4,9-12H2,1H3,(H,26,35)(H3,24,29,30,36)/b28-13+. The number of aromatic nitrogens is 2. The number of carbonyl (C=O) groups is 4. The van der Waals surface area contributed by atoms with Gasteiger partial charge in [-0.25, -0.2) is 14.8 Å². The molecule has 14 heteroatoms. The second-order valence-electron chi connectivity index (χ2n) is 7.96. The van der Waals surface area contributed by atoms with E-state index >= 15 is 0 Å². The monoisotopic (exact) mass is 510 g/mol. The third kappa shape index (κ3) is 7.30. The molecular formula is C23H26N8O6. The first-order chi connectivity index (χ1) is 17.7. The number of nitrogens with zero attached hydrogens (tertiary/aromatic N) is 4. The lowest BCUT2D eigenvalue weighted by Crippen LogP contribution is -2.32. The number of hydroxylamine groups is 2. The molecule has 0 aliphatic carbocycles. The summed E-state index contributed by atoms with van der Waals surface area (Å²) in [5.41, 5.74) is 6.67. The van der Waals surface area contributed by atoms with E-state index in [0.29, 0.717) is 28.6 Å². The van der Waals surface area contributed by atoms with Gasteiger partial charge in [0.15, 0.2) is 11.5 Å². The van der Waals surface area contributed by atoms with Gasteiger partial charge < -0.3 is 21.2 Å². The summed E-state index contributed by atoms with van der Waals surface area (Å²) < 4.78 is 0. The number of carbonyl (C=O) groups excluding carboxylic acids is 4. The van der Waals surface area contributed by atoms with E-state index in [9.17, 15) is 24.0 Å². The van der Waals surface area contributed by atoms with Gasteiger partial charge in [0.1, 0.15) is 0 Å². The van der Waals surface area contributed by atoms with E-state index in [2.05, 4.69) is 37.3 Å². The zero-order chi connectivity index (χ0) is 26.9. The number of nitrogens with two attached hydrogens (primary N) is 1. The zero-order valence-corrected chi connectivity index (χ0v) is 20.1. The number of aliphatic imine (C=N–C) groups is 2. The maximum absolute atomic E-state index is 12.3. The fraction of sp³-hybridized carbons (Fsp3) is 0.304. The number of hydrogen-bond acceptors (Lipinski definition) is 11. The Bertz CT molecular complexity index is 1290. The quantitative estimate of drug-likeness (QED) is 0.193. The van der Waals surface area contributed by atoms with Crippen LogP contribution in [0.25, 0.3) is 0 Å². The summed E-state index contributed by atoms with van der Waals surface area (Å²) in [4.78, 5) is 78.0. The second-order valence-corrected chi connectivity index (χ2v) is 7.96. The van der Waals surface area contributed by atoms with Gasteiger partial charge in [-0.3, -0.25) is 24.2 Å². The number of aromatic amines is 1. The van der Waals surface area contributed by atoms with Gasteiger partial charge in [0.2, 0.25) is 5.95 Å². The molecule has 194 valence electrons. The van der Waals surface area contributed by atoms with Gasteiger partial charge in [0, 0.05) is 42.8 Å². The highest BCUT2D eigenvalue weighted by Gasteiger charge is 2.32. The maximum atomic E-state index is 12.3. The van der Waals surface area contributed by atoms with Gasteiger partial charge in [-0.05, 0) is 44.3 Å². The highest BCUT2D eigenvalue weighted by Crippen LogP contribution is 2.21. The summed E-state index contributed by atoms with van der Waals surface area (Å²) in [6.07, 6.45) is 0.263. The molecule has 3 amide bonds. The van der Waals surface area contributed by atoms with E-state index in [4.69, 9.17) is 10.6 Å². The molecule has 0 unspecified atom stereocenters. The number of imide groups is 1. The van der Waals surface area contributed by atoms with Crippen LogP contribution in [-0.4, -0.2) is 64.2 Å².